The number of ether oxygens (including phenoxy) is 1. The van der Waals surface area contributed by atoms with Crippen LogP contribution in [-0.4, -0.2) is 27.8 Å². The number of carbonyl (C=O) groups is 1. The lowest BCUT2D eigenvalue weighted by molar-refractivity contribution is -0.121. The first-order valence-corrected chi connectivity index (χ1v) is 9.09. The first-order valence-electron chi connectivity index (χ1n) is 8.68. The summed E-state index contributed by atoms with van der Waals surface area (Å²) in [6.45, 7) is 2.50. The molecule has 0 unspecified atom stereocenters. The van der Waals surface area contributed by atoms with E-state index >= 15 is 0 Å². The van der Waals surface area contributed by atoms with E-state index in [1.165, 1.54) is 0 Å². The number of amides is 1. The van der Waals surface area contributed by atoms with Gasteiger partial charge >= 0.3 is 0 Å². The smallest absolute Gasteiger partial charge is 0.228 e. The predicted octanol–water partition coefficient (Wildman–Crippen LogP) is 3.42. The minimum absolute atomic E-state index is 0.128. The molecule has 1 amide bonds. The van der Waals surface area contributed by atoms with Gasteiger partial charge in [-0.15, -0.1) is 0 Å². The molecule has 0 bridgehead atoms. The maximum absolute atomic E-state index is 12.6. The van der Waals surface area contributed by atoms with Gasteiger partial charge in [0, 0.05) is 5.56 Å². The summed E-state index contributed by atoms with van der Waals surface area (Å²) in [7, 11) is 1.62. The number of aromatic nitrogens is 3. The van der Waals surface area contributed by atoms with Gasteiger partial charge in [0.05, 0.1) is 26.1 Å². The molecule has 3 rings (SSSR count). The fraction of sp³-hybridized carbons (Fsp3) is 0.250. The van der Waals surface area contributed by atoms with Gasteiger partial charge < -0.3 is 10.1 Å². The zero-order chi connectivity index (χ0) is 19.2. The molecule has 1 heterocycles. The van der Waals surface area contributed by atoms with Crippen LogP contribution in [0.4, 0.5) is 0 Å². The van der Waals surface area contributed by atoms with Crippen LogP contribution in [0.3, 0.4) is 0 Å². The van der Waals surface area contributed by atoms with Crippen molar-refractivity contribution in [2.24, 2.45) is 0 Å². The number of para-hydroxylation sites is 1. The van der Waals surface area contributed by atoms with Gasteiger partial charge in [0.2, 0.25) is 5.91 Å². The van der Waals surface area contributed by atoms with Crippen molar-refractivity contribution in [2.75, 3.05) is 7.11 Å². The summed E-state index contributed by atoms with van der Waals surface area (Å²) in [6.07, 6.45) is 0.138. The van der Waals surface area contributed by atoms with Gasteiger partial charge in [-0.3, -0.25) is 14.5 Å². The third-order valence-electron chi connectivity index (χ3n) is 4.32. The molecule has 27 heavy (non-hydrogen) atoms. The first-order chi connectivity index (χ1) is 13.1. The largest absolute Gasteiger partial charge is 0.496 e. The summed E-state index contributed by atoms with van der Waals surface area (Å²) >= 11 is 5.32. The summed E-state index contributed by atoms with van der Waals surface area (Å²) in [5, 5.41) is 10.0. The van der Waals surface area contributed by atoms with E-state index in [0.717, 1.165) is 16.9 Å². The number of benzene rings is 2. The van der Waals surface area contributed by atoms with E-state index in [9.17, 15) is 4.79 Å². The van der Waals surface area contributed by atoms with Crippen LogP contribution in [0.2, 0.25) is 0 Å². The van der Waals surface area contributed by atoms with E-state index in [1.54, 1.807) is 7.11 Å². The highest BCUT2D eigenvalue weighted by Gasteiger charge is 2.16. The molecule has 0 aliphatic rings. The first kappa shape index (κ1) is 18.8. The number of H-pyrrole nitrogens is 1. The number of rotatable bonds is 7. The van der Waals surface area contributed by atoms with Gasteiger partial charge in [0.25, 0.3) is 0 Å². The average Bonchev–Trinajstić information content (AvgIpc) is 3.02. The van der Waals surface area contributed by atoms with Crippen LogP contribution in [-0.2, 0) is 17.8 Å². The number of nitrogens with zero attached hydrogens (tertiary/aromatic N) is 2. The SMILES string of the molecule is COc1ccccc1[C@H](C)NC(=O)Cc1n[nH]c(=S)n1Cc1ccccc1. The second-order valence-corrected chi connectivity index (χ2v) is 6.61. The highest BCUT2D eigenvalue weighted by atomic mass is 32.1. The highest BCUT2D eigenvalue weighted by molar-refractivity contribution is 7.71. The summed E-state index contributed by atoms with van der Waals surface area (Å²) < 4.78 is 7.71. The molecule has 2 aromatic carbocycles. The second kappa shape index (κ2) is 8.64. The van der Waals surface area contributed by atoms with Crippen molar-refractivity contribution in [1.82, 2.24) is 20.1 Å². The standard InChI is InChI=1S/C20H22N4O2S/c1-14(16-10-6-7-11-17(16)26-2)21-19(25)12-18-22-23-20(27)24(18)13-15-8-4-3-5-9-15/h3-11,14H,12-13H2,1-2H3,(H,21,25)(H,23,27)/t14-/m0/s1. The normalized spacial score (nSPS) is 11.8. The summed E-state index contributed by atoms with van der Waals surface area (Å²) in [6, 6.07) is 17.4. The third kappa shape index (κ3) is 4.62. The Hall–Kier alpha value is -2.93. The number of aromatic amines is 1. The van der Waals surface area contributed by atoms with Gasteiger partial charge in [-0.25, -0.2) is 0 Å². The second-order valence-electron chi connectivity index (χ2n) is 6.22. The lowest BCUT2D eigenvalue weighted by Gasteiger charge is -2.17. The maximum Gasteiger partial charge on any atom is 0.228 e. The Morgan fingerprint density at radius 1 is 1.22 bits per heavy atom. The quantitative estimate of drug-likeness (QED) is 0.614. The summed E-state index contributed by atoms with van der Waals surface area (Å²) in [4.78, 5) is 12.6. The molecule has 3 aromatic rings. The molecule has 0 aliphatic carbocycles. The number of methoxy groups -OCH3 is 1. The maximum atomic E-state index is 12.6. The predicted molar refractivity (Wildman–Crippen MR) is 106 cm³/mol. The van der Waals surface area contributed by atoms with Crippen molar-refractivity contribution < 1.29 is 9.53 Å². The van der Waals surface area contributed by atoms with Gasteiger partial charge in [-0.1, -0.05) is 48.5 Å². The molecular formula is C20H22N4O2S. The molecule has 140 valence electrons. The number of hydrogen-bond donors (Lipinski definition) is 2. The third-order valence-corrected chi connectivity index (χ3v) is 4.63. The zero-order valence-corrected chi connectivity index (χ0v) is 16.1. The van der Waals surface area contributed by atoms with E-state index in [1.807, 2.05) is 66.1 Å². The van der Waals surface area contributed by atoms with Crippen LogP contribution >= 0.6 is 12.2 Å². The fourth-order valence-electron chi connectivity index (χ4n) is 2.95. The Morgan fingerprint density at radius 3 is 2.67 bits per heavy atom. The van der Waals surface area contributed by atoms with Crippen LogP contribution in [0.1, 0.15) is 29.9 Å². The molecule has 1 aromatic heterocycles. The van der Waals surface area contributed by atoms with Crippen molar-refractivity contribution in [3.8, 4) is 5.75 Å². The Bertz CT molecular complexity index is 965. The van der Waals surface area contributed by atoms with Crippen molar-refractivity contribution in [3.05, 3.63) is 76.3 Å². The Morgan fingerprint density at radius 2 is 1.93 bits per heavy atom. The molecule has 0 saturated heterocycles. The topological polar surface area (TPSA) is 71.9 Å². The zero-order valence-electron chi connectivity index (χ0n) is 15.3. The minimum atomic E-state index is -0.182. The van der Waals surface area contributed by atoms with Gasteiger partial charge in [0.1, 0.15) is 11.6 Å². The molecule has 6 nitrogen and oxygen atoms in total. The van der Waals surface area contributed by atoms with Crippen LogP contribution < -0.4 is 10.1 Å². The van der Waals surface area contributed by atoms with E-state index < -0.39 is 0 Å². The Labute approximate surface area is 163 Å². The monoisotopic (exact) mass is 382 g/mol. The van der Waals surface area contributed by atoms with Gasteiger partial charge in [-0.05, 0) is 30.8 Å². The van der Waals surface area contributed by atoms with Gasteiger partial charge in [-0.2, -0.15) is 5.10 Å². The van der Waals surface area contributed by atoms with Crippen LogP contribution in [0.25, 0.3) is 0 Å². The molecule has 0 saturated carbocycles. The minimum Gasteiger partial charge on any atom is -0.496 e. The van der Waals surface area contributed by atoms with E-state index in [-0.39, 0.29) is 18.4 Å². The van der Waals surface area contributed by atoms with E-state index in [4.69, 9.17) is 17.0 Å². The average molecular weight is 382 g/mol. The Kier molecular flexibility index (Phi) is 6.03. The highest BCUT2D eigenvalue weighted by Crippen LogP contribution is 2.24. The number of hydrogen-bond acceptors (Lipinski definition) is 4. The van der Waals surface area contributed by atoms with Crippen molar-refractivity contribution in [2.45, 2.75) is 25.9 Å². The molecular weight excluding hydrogens is 360 g/mol. The van der Waals surface area contributed by atoms with Crippen LogP contribution in [0.5, 0.6) is 5.75 Å². The van der Waals surface area contributed by atoms with E-state index in [2.05, 4.69) is 15.5 Å². The van der Waals surface area contributed by atoms with Crippen molar-refractivity contribution >= 4 is 18.1 Å². The lowest BCUT2D eigenvalue weighted by Crippen LogP contribution is -2.29. The summed E-state index contributed by atoms with van der Waals surface area (Å²) in [5.74, 6) is 1.22. The van der Waals surface area contributed by atoms with Gasteiger partial charge in [0.15, 0.2) is 4.77 Å². The molecule has 2 N–H and O–H groups in total. The molecule has 7 heteroatoms. The summed E-state index contributed by atoms with van der Waals surface area (Å²) in [5.41, 5.74) is 2.02. The van der Waals surface area contributed by atoms with Crippen LogP contribution in [0.15, 0.2) is 54.6 Å². The molecule has 0 spiro atoms. The molecule has 0 fully saturated rings. The molecule has 1 atom stereocenters. The number of nitrogens with one attached hydrogen (secondary N) is 2. The van der Waals surface area contributed by atoms with Crippen molar-refractivity contribution in [3.63, 3.8) is 0 Å². The Balaban J connectivity index is 1.70. The van der Waals surface area contributed by atoms with E-state index in [0.29, 0.717) is 17.1 Å². The lowest BCUT2D eigenvalue weighted by atomic mass is 10.1. The number of carbonyl (C=O) groups excluding carboxylic acids is 1. The molecule has 0 aliphatic heterocycles. The molecule has 0 radical (unpaired) electrons. The fourth-order valence-corrected chi connectivity index (χ4v) is 3.17. The van der Waals surface area contributed by atoms with Crippen LogP contribution in [0, 0.1) is 4.77 Å². The van der Waals surface area contributed by atoms with Crippen molar-refractivity contribution in [1.29, 1.82) is 0 Å².